The summed E-state index contributed by atoms with van der Waals surface area (Å²) < 4.78 is 11.5. The van der Waals surface area contributed by atoms with Crippen molar-refractivity contribution in [2.45, 2.75) is 6.54 Å². The van der Waals surface area contributed by atoms with E-state index >= 15 is 0 Å². The molecule has 0 spiro atoms. The molecule has 20 heavy (non-hydrogen) atoms. The van der Waals surface area contributed by atoms with Crippen molar-refractivity contribution < 1.29 is 9.47 Å². The van der Waals surface area contributed by atoms with Gasteiger partial charge in [-0.15, -0.1) is 0 Å². The first kappa shape index (κ1) is 15.0. The topological polar surface area (TPSA) is 30.5 Å². The summed E-state index contributed by atoms with van der Waals surface area (Å²) in [5.41, 5.74) is 1.87. The fourth-order valence-electron chi connectivity index (χ4n) is 1.82. The van der Waals surface area contributed by atoms with Crippen LogP contribution in [0.4, 0.5) is 5.69 Å². The largest absolute Gasteiger partial charge is 0.497 e. The van der Waals surface area contributed by atoms with Gasteiger partial charge >= 0.3 is 0 Å². The van der Waals surface area contributed by atoms with E-state index in [0.29, 0.717) is 6.54 Å². The Morgan fingerprint density at radius 3 is 2.60 bits per heavy atom. The van der Waals surface area contributed by atoms with Gasteiger partial charge in [0.2, 0.25) is 0 Å². The van der Waals surface area contributed by atoms with E-state index in [4.69, 9.17) is 21.1 Å². The first-order chi connectivity index (χ1) is 9.63. The average Bonchev–Trinajstić information content (AvgIpc) is 2.47. The van der Waals surface area contributed by atoms with Crippen LogP contribution < -0.4 is 14.8 Å². The van der Waals surface area contributed by atoms with Gasteiger partial charge in [-0.2, -0.15) is 0 Å². The number of halogens is 2. The Morgan fingerprint density at radius 1 is 1.10 bits per heavy atom. The molecule has 0 radical (unpaired) electrons. The molecule has 106 valence electrons. The second-order valence-corrected chi connectivity index (χ2v) is 5.48. The third-order valence-electron chi connectivity index (χ3n) is 2.88. The SMILES string of the molecule is COc1ccc(OC)c(NCc2cc(Br)ccc2Cl)c1. The van der Waals surface area contributed by atoms with Crippen LogP contribution >= 0.6 is 27.5 Å². The maximum Gasteiger partial charge on any atom is 0.142 e. The van der Waals surface area contributed by atoms with E-state index in [-0.39, 0.29) is 0 Å². The Labute approximate surface area is 132 Å². The minimum absolute atomic E-state index is 0.599. The van der Waals surface area contributed by atoms with Crippen molar-refractivity contribution in [3.05, 3.63) is 51.5 Å². The van der Waals surface area contributed by atoms with E-state index in [1.54, 1.807) is 14.2 Å². The Morgan fingerprint density at radius 2 is 1.90 bits per heavy atom. The van der Waals surface area contributed by atoms with Crippen molar-refractivity contribution in [2.75, 3.05) is 19.5 Å². The molecule has 2 rings (SSSR count). The zero-order valence-corrected chi connectivity index (χ0v) is 13.6. The molecule has 0 aliphatic carbocycles. The van der Waals surface area contributed by atoms with Gasteiger partial charge in [0.05, 0.1) is 19.9 Å². The van der Waals surface area contributed by atoms with Gasteiger partial charge in [0, 0.05) is 22.1 Å². The lowest BCUT2D eigenvalue weighted by molar-refractivity contribution is 0.404. The molecule has 0 bridgehead atoms. The number of hydrogen-bond donors (Lipinski definition) is 1. The molecule has 2 aromatic rings. The zero-order chi connectivity index (χ0) is 14.5. The fourth-order valence-corrected chi connectivity index (χ4v) is 2.41. The molecule has 2 aromatic carbocycles. The molecule has 0 fully saturated rings. The van der Waals surface area contributed by atoms with E-state index in [1.807, 2.05) is 36.4 Å². The van der Waals surface area contributed by atoms with Crippen LogP contribution in [0.1, 0.15) is 5.56 Å². The van der Waals surface area contributed by atoms with Crippen LogP contribution in [-0.2, 0) is 6.54 Å². The monoisotopic (exact) mass is 355 g/mol. The van der Waals surface area contributed by atoms with Crippen LogP contribution in [0.15, 0.2) is 40.9 Å². The van der Waals surface area contributed by atoms with Gasteiger partial charge in [0.15, 0.2) is 0 Å². The molecule has 0 atom stereocenters. The van der Waals surface area contributed by atoms with E-state index in [2.05, 4.69) is 21.2 Å². The quantitative estimate of drug-likeness (QED) is 0.840. The summed E-state index contributed by atoms with van der Waals surface area (Å²) in [6, 6.07) is 11.4. The number of benzene rings is 2. The Hall–Kier alpha value is -1.39. The number of anilines is 1. The van der Waals surface area contributed by atoms with Crippen molar-refractivity contribution in [1.82, 2.24) is 0 Å². The normalized spacial score (nSPS) is 10.2. The Kier molecular flexibility index (Phi) is 5.15. The summed E-state index contributed by atoms with van der Waals surface area (Å²) in [5.74, 6) is 1.53. The molecule has 0 aromatic heterocycles. The number of nitrogens with one attached hydrogen (secondary N) is 1. The highest BCUT2D eigenvalue weighted by molar-refractivity contribution is 9.10. The standard InChI is InChI=1S/C15H15BrClNO2/c1-19-12-4-6-15(20-2)14(8-12)18-9-10-7-11(16)3-5-13(10)17/h3-8,18H,9H2,1-2H3. The summed E-state index contributed by atoms with van der Waals surface area (Å²) in [7, 11) is 3.27. The van der Waals surface area contributed by atoms with Crippen molar-refractivity contribution >= 4 is 33.2 Å². The first-order valence-electron chi connectivity index (χ1n) is 6.04. The van der Waals surface area contributed by atoms with E-state index in [0.717, 1.165) is 32.2 Å². The average molecular weight is 357 g/mol. The van der Waals surface area contributed by atoms with Gasteiger partial charge in [0.1, 0.15) is 11.5 Å². The van der Waals surface area contributed by atoms with E-state index in [9.17, 15) is 0 Å². The molecule has 0 saturated carbocycles. The number of ether oxygens (including phenoxy) is 2. The van der Waals surface area contributed by atoms with Crippen molar-refractivity contribution in [2.24, 2.45) is 0 Å². The smallest absolute Gasteiger partial charge is 0.142 e. The van der Waals surface area contributed by atoms with Gasteiger partial charge in [-0.25, -0.2) is 0 Å². The minimum atomic E-state index is 0.599. The molecule has 0 amide bonds. The van der Waals surface area contributed by atoms with Gasteiger partial charge in [-0.1, -0.05) is 27.5 Å². The molecule has 0 unspecified atom stereocenters. The second kappa shape index (κ2) is 6.86. The second-order valence-electron chi connectivity index (χ2n) is 4.16. The predicted octanol–water partition coefficient (Wildman–Crippen LogP) is 4.73. The summed E-state index contributed by atoms with van der Waals surface area (Å²) in [6.45, 7) is 0.599. The summed E-state index contributed by atoms with van der Waals surface area (Å²) in [6.07, 6.45) is 0. The maximum atomic E-state index is 6.18. The van der Waals surface area contributed by atoms with Crippen LogP contribution in [0.3, 0.4) is 0 Å². The molecule has 1 N–H and O–H groups in total. The van der Waals surface area contributed by atoms with Crippen molar-refractivity contribution in [3.8, 4) is 11.5 Å². The molecule has 0 aliphatic heterocycles. The van der Waals surface area contributed by atoms with E-state index in [1.165, 1.54) is 0 Å². The number of rotatable bonds is 5. The minimum Gasteiger partial charge on any atom is -0.497 e. The van der Waals surface area contributed by atoms with Crippen LogP contribution in [0, 0.1) is 0 Å². The Bertz CT molecular complexity index is 604. The van der Waals surface area contributed by atoms with E-state index < -0.39 is 0 Å². The van der Waals surface area contributed by atoms with Gasteiger partial charge in [0.25, 0.3) is 0 Å². The van der Waals surface area contributed by atoms with Gasteiger partial charge in [-0.3, -0.25) is 0 Å². The van der Waals surface area contributed by atoms with Crippen molar-refractivity contribution in [1.29, 1.82) is 0 Å². The first-order valence-corrected chi connectivity index (χ1v) is 7.21. The molecule has 0 aliphatic rings. The lowest BCUT2D eigenvalue weighted by Crippen LogP contribution is -2.02. The summed E-state index contributed by atoms with van der Waals surface area (Å²) >= 11 is 9.62. The molecular weight excluding hydrogens is 342 g/mol. The predicted molar refractivity (Wildman–Crippen MR) is 86.0 cm³/mol. The maximum absolute atomic E-state index is 6.18. The lowest BCUT2D eigenvalue weighted by Gasteiger charge is -2.13. The zero-order valence-electron chi connectivity index (χ0n) is 11.2. The number of hydrogen-bond acceptors (Lipinski definition) is 3. The van der Waals surface area contributed by atoms with Gasteiger partial charge < -0.3 is 14.8 Å². The van der Waals surface area contributed by atoms with Gasteiger partial charge in [-0.05, 0) is 35.9 Å². The molecule has 0 saturated heterocycles. The molecular formula is C15H15BrClNO2. The highest BCUT2D eigenvalue weighted by Crippen LogP contribution is 2.30. The highest BCUT2D eigenvalue weighted by Gasteiger charge is 2.06. The molecule has 0 heterocycles. The fraction of sp³-hybridized carbons (Fsp3) is 0.200. The summed E-state index contributed by atoms with van der Waals surface area (Å²) in [5, 5.41) is 4.04. The molecule has 3 nitrogen and oxygen atoms in total. The third-order valence-corrected chi connectivity index (χ3v) is 3.75. The highest BCUT2D eigenvalue weighted by atomic mass is 79.9. The van der Waals surface area contributed by atoms with Crippen LogP contribution in [0.25, 0.3) is 0 Å². The molecule has 5 heteroatoms. The lowest BCUT2D eigenvalue weighted by atomic mass is 10.2. The van der Waals surface area contributed by atoms with Crippen LogP contribution in [0.5, 0.6) is 11.5 Å². The van der Waals surface area contributed by atoms with Crippen LogP contribution in [-0.4, -0.2) is 14.2 Å². The third kappa shape index (κ3) is 3.58. The summed E-state index contributed by atoms with van der Waals surface area (Å²) in [4.78, 5) is 0. The Balaban J connectivity index is 2.19. The van der Waals surface area contributed by atoms with Crippen molar-refractivity contribution in [3.63, 3.8) is 0 Å². The number of methoxy groups -OCH3 is 2. The van der Waals surface area contributed by atoms with Crippen LogP contribution in [0.2, 0.25) is 5.02 Å².